The molecule has 0 aliphatic heterocycles. The third-order valence-corrected chi connectivity index (χ3v) is 2.45. The van der Waals surface area contributed by atoms with Crippen LogP contribution in [-0.4, -0.2) is 21.2 Å². The number of benzene rings is 1. The summed E-state index contributed by atoms with van der Waals surface area (Å²) in [7, 11) is 0. The van der Waals surface area contributed by atoms with Crippen LogP contribution in [0.15, 0.2) is 48.7 Å². The minimum Gasteiger partial charge on any atom is -0.439 e. The van der Waals surface area contributed by atoms with Crippen molar-refractivity contribution in [1.29, 1.82) is 0 Å². The maximum Gasteiger partial charge on any atom is 0.243 e. The van der Waals surface area contributed by atoms with Crippen molar-refractivity contribution in [3.63, 3.8) is 0 Å². The molecule has 1 aromatic carbocycles. The lowest BCUT2D eigenvalue weighted by Gasteiger charge is -2.13. The summed E-state index contributed by atoms with van der Waals surface area (Å²) in [4.78, 5) is 15.0. The van der Waals surface area contributed by atoms with Gasteiger partial charge in [0.15, 0.2) is 0 Å². The van der Waals surface area contributed by atoms with Crippen LogP contribution in [0, 0.1) is 0 Å². The van der Waals surface area contributed by atoms with Crippen molar-refractivity contribution in [3.05, 3.63) is 54.2 Å². The maximum atomic E-state index is 11.0. The summed E-state index contributed by atoms with van der Waals surface area (Å²) >= 11 is 0. The van der Waals surface area contributed by atoms with E-state index in [0.717, 1.165) is 5.56 Å². The summed E-state index contributed by atoms with van der Waals surface area (Å²) in [5, 5.41) is 10.0. The Kier molecular flexibility index (Phi) is 4.10. The number of hydrogen-bond acceptors (Lipinski definition) is 4. The Bertz CT molecular complexity index is 558. The van der Waals surface area contributed by atoms with Crippen molar-refractivity contribution < 1.29 is 14.7 Å². The van der Waals surface area contributed by atoms with E-state index >= 15 is 0 Å². The monoisotopic (exact) mass is 258 g/mol. The molecule has 1 N–H and O–H groups in total. The van der Waals surface area contributed by atoms with E-state index in [-0.39, 0.29) is 6.54 Å². The third-order valence-electron chi connectivity index (χ3n) is 2.45. The molecule has 0 unspecified atom stereocenters. The van der Waals surface area contributed by atoms with E-state index in [2.05, 4.69) is 4.98 Å². The molecule has 0 atom stereocenters. The van der Waals surface area contributed by atoms with Gasteiger partial charge in [0.1, 0.15) is 5.75 Å². The quantitative estimate of drug-likeness (QED) is 0.676. The van der Waals surface area contributed by atoms with Crippen LogP contribution in [0.25, 0.3) is 0 Å². The number of carbonyl (C=O) groups is 1. The zero-order valence-electron chi connectivity index (χ0n) is 10.5. The second-order valence-corrected chi connectivity index (χ2v) is 3.99. The van der Waals surface area contributed by atoms with Crippen LogP contribution in [-0.2, 0) is 11.3 Å². The van der Waals surface area contributed by atoms with E-state index in [1.54, 1.807) is 42.6 Å². The maximum absolute atomic E-state index is 11.0. The van der Waals surface area contributed by atoms with Crippen molar-refractivity contribution in [3.8, 4) is 11.6 Å². The molecule has 0 aliphatic rings. The molecule has 1 heterocycles. The summed E-state index contributed by atoms with van der Waals surface area (Å²) in [5.74, 6) is 0.691. The number of pyridine rings is 1. The minimum atomic E-state index is -0.406. The van der Waals surface area contributed by atoms with Crippen LogP contribution >= 0.6 is 0 Å². The predicted molar refractivity (Wildman–Crippen MR) is 68.8 cm³/mol. The van der Waals surface area contributed by atoms with Crippen molar-refractivity contribution in [1.82, 2.24) is 10.0 Å². The Labute approximate surface area is 111 Å². The first-order valence-corrected chi connectivity index (χ1v) is 5.80. The first kappa shape index (κ1) is 13.0. The number of aromatic nitrogens is 1. The number of hydrogen-bond donors (Lipinski definition) is 1. The third kappa shape index (κ3) is 3.79. The first-order valence-electron chi connectivity index (χ1n) is 5.80. The van der Waals surface area contributed by atoms with E-state index in [1.807, 2.05) is 6.07 Å². The fourth-order valence-electron chi connectivity index (χ4n) is 1.52. The Morgan fingerprint density at radius 1 is 1.32 bits per heavy atom. The molecule has 0 saturated carbocycles. The van der Waals surface area contributed by atoms with Gasteiger partial charge < -0.3 is 4.74 Å². The van der Waals surface area contributed by atoms with E-state index in [0.29, 0.717) is 16.7 Å². The SMILES string of the molecule is CC(=O)N(O)Cc1cccc(Oc2ccccn2)c1. The summed E-state index contributed by atoms with van der Waals surface area (Å²) in [6.45, 7) is 1.42. The molecule has 1 amide bonds. The fourth-order valence-corrected chi connectivity index (χ4v) is 1.52. The summed E-state index contributed by atoms with van der Waals surface area (Å²) < 4.78 is 5.56. The van der Waals surface area contributed by atoms with Crippen LogP contribution in [0.1, 0.15) is 12.5 Å². The number of carbonyl (C=O) groups excluding carboxylic acids is 1. The molecule has 19 heavy (non-hydrogen) atoms. The summed E-state index contributed by atoms with van der Waals surface area (Å²) in [6, 6.07) is 12.5. The van der Waals surface area contributed by atoms with Crippen LogP contribution < -0.4 is 4.74 Å². The topological polar surface area (TPSA) is 62.7 Å². The van der Waals surface area contributed by atoms with Gasteiger partial charge in [-0.1, -0.05) is 18.2 Å². The van der Waals surface area contributed by atoms with Gasteiger partial charge in [-0.25, -0.2) is 10.0 Å². The Balaban J connectivity index is 2.09. The number of amides is 1. The number of rotatable bonds is 4. The van der Waals surface area contributed by atoms with Crippen LogP contribution in [0.5, 0.6) is 11.6 Å². The van der Waals surface area contributed by atoms with Gasteiger partial charge in [-0.2, -0.15) is 0 Å². The molecule has 0 aliphatic carbocycles. The van der Waals surface area contributed by atoms with Gasteiger partial charge in [0.25, 0.3) is 0 Å². The molecule has 0 bridgehead atoms. The normalized spacial score (nSPS) is 10.0. The van der Waals surface area contributed by atoms with Crippen LogP contribution in [0.3, 0.4) is 0 Å². The van der Waals surface area contributed by atoms with Crippen molar-refractivity contribution in [2.45, 2.75) is 13.5 Å². The molecule has 0 fully saturated rings. The standard InChI is InChI=1S/C14H14N2O3/c1-11(17)16(18)10-12-5-4-6-13(9-12)19-14-7-2-3-8-15-14/h2-9,18H,10H2,1H3. The van der Waals surface area contributed by atoms with E-state index in [1.165, 1.54) is 6.92 Å². The first-order chi connectivity index (χ1) is 9.15. The van der Waals surface area contributed by atoms with Gasteiger partial charge in [0.2, 0.25) is 11.8 Å². The van der Waals surface area contributed by atoms with Gasteiger partial charge in [-0.3, -0.25) is 10.0 Å². The van der Waals surface area contributed by atoms with Gasteiger partial charge in [-0.15, -0.1) is 0 Å². The van der Waals surface area contributed by atoms with Crippen molar-refractivity contribution in [2.24, 2.45) is 0 Å². The molecule has 5 heteroatoms. The smallest absolute Gasteiger partial charge is 0.243 e. The van der Waals surface area contributed by atoms with Crippen molar-refractivity contribution in [2.75, 3.05) is 0 Å². The largest absolute Gasteiger partial charge is 0.439 e. The molecule has 5 nitrogen and oxygen atoms in total. The highest BCUT2D eigenvalue weighted by atomic mass is 16.5. The molecule has 0 spiro atoms. The lowest BCUT2D eigenvalue weighted by molar-refractivity contribution is -0.165. The average Bonchev–Trinajstić information content (AvgIpc) is 2.40. The highest BCUT2D eigenvalue weighted by molar-refractivity contribution is 5.71. The number of ether oxygens (including phenoxy) is 1. The zero-order valence-corrected chi connectivity index (χ0v) is 10.5. The van der Waals surface area contributed by atoms with Gasteiger partial charge in [0, 0.05) is 19.2 Å². The molecule has 0 saturated heterocycles. The second kappa shape index (κ2) is 5.97. The zero-order chi connectivity index (χ0) is 13.7. The molecule has 98 valence electrons. The molecule has 2 aromatic rings. The van der Waals surface area contributed by atoms with Crippen molar-refractivity contribution >= 4 is 5.91 Å². The summed E-state index contributed by atoms with van der Waals surface area (Å²) in [6.07, 6.45) is 1.64. The van der Waals surface area contributed by atoms with E-state index in [9.17, 15) is 10.0 Å². The average molecular weight is 258 g/mol. The van der Waals surface area contributed by atoms with E-state index in [4.69, 9.17) is 4.74 Å². The Morgan fingerprint density at radius 2 is 2.16 bits per heavy atom. The Hall–Kier alpha value is -2.40. The fraction of sp³-hybridized carbons (Fsp3) is 0.143. The number of hydroxylamine groups is 2. The minimum absolute atomic E-state index is 0.120. The van der Waals surface area contributed by atoms with E-state index < -0.39 is 5.91 Å². The lowest BCUT2D eigenvalue weighted by Crippen LogP contribution is -2.23. The van der Waals surface area contributed by atoms with Gasteiger partial charge in [0.05, 0.1) is 6.54 Å². The molecular weight excluding hydrogens is 244 g/mol. The van der Waals surface area contributed by atoms with Gasteiger partial charge >= 0.3 is 0 Å². The predicted octanol–water partition coefficient (Wildman–Crippen LogP) is 2.61. The molecule has 0 radical (unpaired) electrons. The lowest BCUT2D eigenvalue weighted by atomic mass is 10.2. The second-order valence-electron chi connectivity index (χ2n) is 3.99. The van der Waals surface area contributed by atoms with Gasteiger partial charge in [-0.05, 0) is 23.8 Å². The van der Waals surface area contributed by atoms with Crippen LogP contribution in [0.2, 0.25) is 0 Å². The molecule has 1 aromatic heterocycles. The molecule has 2 rings (SSSR count). The highest BCUT2D eigenvalue weighted by Gasteiger charge is 2.06. The molecular formula is C14H14N2O3. The summed E-state index contributed by atoms with van der Waals surface area (Å²) in [5.41, 5.74) is 0.770. The highest BCUT2D eigenvalue weighted by Crippen LogP contribution is 2.20. The Morgan fingerprint density at radius 3 is 2.84 bits per heavy atom. The van der Waals surface area contributed by atoms with Crippen LogP contribution in [0.4, 0.5) is 0 Å². The number of nitrogens with zero attached hydrogens (tertiary/aromatic N) is 2.